The molecule has 0 bridgehead atoms. The molecular weight excluding hydrogens is 1240 g/mol. The van der Waals surface area contributed by atoms with Crippen molar-refractivity contribution in [3.05, 3.63) is 272 Å². The average Bonchev–Trinajstić information content (AvgIpc) is 1.44. The van der Waals surface area contributed by atoms with Crippen LogP contribution in [0.2, 0.25) is 0 Å². The summed E-state index contributed by atoms with van der Waals surface area (Å²) in [5, 5.41) is 4.69. The van der Waals surface area contributed by atoms with Crippen LogP contribution >= 0.6 is 0 Å². The van der Waals surface area contributed by atoms with Gasteiger partial charge in [-0.1, -0.05) is 243 Å². The maximum Gasteiger partial charge on any atom is 0.135 e. The molecule has 1 aromatic heterocycles. The Hall–Kier alpha value is -8.54. The second kappa shape index (κ2) is 21.5. The monoisotopic (exact) mass is 1320 g/mol. The molecule has 1 atom stereocenters. The molecule has 4 heterocycles. The number of aromatic nitrogens is 1. The molecule has 0 saturated heterocycles. The van der Waals surface area contributed by atoms with Crippen LogP contribution in [0.15, 0.2) is 231 Å². The Bertz CT molecular complexity index is 4780. The Morgan fingerprint density at radius 3 is 1.81 bits per heavy atom. The number of hydrogen-bond donors (Lipinski definition) is 0. The van der Waals surface area contributed by atoms with Gasteiger partial charge in [0, 0.05) is 82.3 Å². The van der Waals surface area contributed by atoms with Crippen molar-refractivity contribution < 1.29 is 36.8 Å². The molecule has 0 fully saturated rings. The molecule has 7 heteroatoms. The predicted octanol–water partition coefficient (Wildman–Crippen LogP) is 18.2. The number of nitrogens with zero attached hydrogens (tertiary/aromatic N) is 4. The molecule has 5 nitrogen and oxygen atoms in total. The molecule has 11 aromatic rings. The van der Waals surface area contributed by atoms with Crippen molar-refractivity contribution in [1.29, 1.82) is 0 Å². The number of fused-ring (bicyclic) bond motifs is 6. The number of aryl methyl sites for hydroxylation is 1. The summed E-state index contributed by atoms with van der Waals surface area (Å²) in [4.78, 5) is 11.4. The molecule has 0 N–H and O–H groups in total. The number of hydrogen-bond acceptors (Lipinski definition) is 5. The average molecular weight is 1320 g/mol. The minimum atomic E-state index is -3.15. The van der Waals surface area contributed by atoms with Crippen molar-refractivity contribution in [2.24, 2.45) is 0 Å². The van der Waals surface area contributed by atoms with Gasteiger partial charge in [0.2, 0.25) is 0 Å². The van der Waals surface area contributed by atoms with E-state index in [-0.39, 0.29) is 60.5 Å². The summed E-state index contributed by atoms with van der Waals surface area (Å²) in [7, 11) is -3.15. The van der Waals surface area contributed by atoms with Crippen LogP contribution in [0.3, 0.4) is 0 Å². The smallest absolute Gasteiger partial charge is 0.135 e. The van der Waals surface area contributed by atoms with E-state index in [1.807, 2.05) is 84.4 Å². The van der Waals surface area contributed by atoms with Crippen LogP contribution < -0.4 is 40.2 Å². The minimum absolute atomic E-state index is 0. The molecule has 0 amide bonds. The van der Waals surface area contributed by atoms with E-state index in [1.165, 1.54) is 15.6 Å². The first-order chi connectivity index (χ1) is 44.2. The van der Waals surface area contributed by atoms with Gasteiger partial charge in [0.15, 0.2) is 0 Å². The number of ether oxygens (including phenoxy) is 1. The second-order valence-electron chi connectivity index (χ2n) is 25.5. The first-order valence-electron chi connectivity index (χ1n) is 33.1. The van der Waals surface area contributed by atoms with Crippen LogP contribution in [0, 0.1) is 25.7 Å². The number of anilines is 7. The van der Waals surface area contributed by atoms with E-state index in [0.29, 0.717) is 45.5 Å². The van der Waals surface area contributed by atoms with Crippen molar-refractivity contribution in [1.82, 2.24) is 4.98 Å². The third-order valence-corrected chi connectivity index (χ3v) is 22.0. The van der Waals surface area contributed by atoms with Crippen molar-refractivity contribution in [3.8, 4) is 56.0 Å². The summed E-state index contributed by atoms with van der Waals surface area (Å²) < 4.78 is 79.1. The zero-order valence-electron chi connectivity index (χ0n) is 57.6. The van der Waals surface area contributed by atoms with Crippen molar-refractivity contribution in [2.75, 3.05) is 14.7 Å². The van der Waals surface area contributed by atoms with Gasteiger partial charge in [-0.25, -0.2) is 4.98 Å². The largest absolute Gasteiger partial charge is 0.509 e. The molecule has 0 radical (unpaired) electrons. The molecule has 14 rings (SSSR count). The fourth-order valence-corrected chi connectivity index (χ4v) is 18.2. The van der Waals surface area contributed by atoms with Gasteiger partial charge >= 0.3 is 0 Å². The van der Waals surface area contributed by atoms with Gasteiger partial charge in [-0.2, -0.15) is 12.1 Å². The van der Waals surface area contributed by atoms with Gasteiger partial charge in [-0.05, 0) is 108 Å². The molecule has 3 aliphatic heterocycles. The Morgan fingerprint density at radius 2 is 1.10 bits per heavy atom. The SMILES string of the molecule is [2H]c1c([2H])c([2H])c(-c2cccc(-c3cc(C(C)(C)C)cc(C(C)(C)C)c3)c2N2[CH-]N(c3[c-]c(Oc4[c-]c5c(cc4)[Si]4(c6ccccc6)c6ccccc6-c6cccc(c64)N5c4cc(C([2H])([2H])[2H])c(-c5ccc(C(C)(C)C)cc5)cn4)ccc3)c3ccccc32)c([2H])c1[2H].[Pt]. The molecular formula is C79H69N4OPtSi-3. The van der Waals surface area contributed by atoms with Crippen LogP contribution in [0.4, 0.5) is 39.9 Å². The molecule has 0 spiro atoms. The Morgan fingerprint density at radius 1 is 0.500 bits per heavy atom. The van der Waals surface area contributed by atoms with E-state index in [1.54, 1.807) is 12.3 Å². The first-order valence-corrected chi connectivity index (χ1v) is 31.1. The Labute approximate surface area is 535 Å². The van der Waals surface area contributed by atoms with Gasteiger partial charge in [-0.15, -0.1) is 47.9 Å². The quantitative estimate of drug-likeness (QED) is 0.106. The summed E-state index contributed by atoms with van der Waals surface area (Å²) in [6, 6.07) is 71.6. The van der Waals surface area contributed by atoms with Crippen LogP contribution in [0.5, 0.6) is 11.5 Å². The van der Waals surface area contributed by atoms with Gasteiger partial charge in [0.1, 0.15) is 13.9 Å². The normalized spacial score (nSPS) is 16.4. The number of para-hydroxylation sites is 3. The number of benzene rings is 10. The fourth-order valence-electron chi connectivity index (χ4n) is 12.8. The van der Waals surface area contributed by atoms with Crippen LogP contribution in [0.1, 0.15) is 95.5 Å². The van der Waals surface area contributed by atoms with E-state index in [4.69, 9.17) is 17.9 Å². The molecule has 3 aliphatic rings. The summed E-state index contributed by atoms with van der Waals surface area (Å²) in [6.07, 6.45) is 1.70. The van der Waals surface area contributed by atoms with Crippen LogP contribution in [-0.2, 0) is 37.3 Å². The molecule has 86 heavy (non-hydrogen) atoms. The van der Waals surface area contributed by atoms with E-state index in [9.17, 15) is 2.74 Å². The Kier molecular flexibility index (Phi) is 11.9. The van der Waals surface area contributed by atoms with Crippen molar-refractivity contribution in [2.45, 2.75) is 85.4 Å². The van der Waals surface area contributed by atoms with Crippen LogP contribution in [-0.4, -0.2) is 13.1 Å². The maximum absolute atomic E-state index is 9.35. The first kappa shape index (κ1) is 47.7. The molecule has 1 unspecified atom stereocenters. The molecule has 428 valence electrons. The van der Waals surface area contributed by atoms with Gasteiger partial charge in [0.25, 0.3) is 0 Å². The predicted molar refractivity (Wildman–Crippen MR) is 358 cm³/mol. The van der Waals surface area contributed by atoms with Crippen LogP contribution in [0.25, 0.3) is 44.5 Å². The molecule has 0 aliphatic carbocycles. The summed E-state index contributed by atoms with van der Waals surface area (Å²) >= 11 is 0. The summed E-state index contributed by atoms with van der Waals surface area (Å²) in [6.45, 7) is 19.2. The maximum atomic E-state index is 9.35. The van der Waals surface area contributed by atoms with E-state index >= 15 is 0 Å². The second-order valence-corrected chi connectivity index (χ2v) is 29.2. The fraction of sp³-hybridized carbons (Fsp3) is 0.165. The van der Waals surface area contributed by atoms with E-state index in [0.717, 1.165) is 66.8 Å². The summed E-state index contributed by atoms with van der Waals surface area (Å²) in [5.41, 5.74) is 13.4. The van der Waals surface area contributed by atoms with Gasteiger partial charge in [-0.3, -0.25) is 0 Å². The zero-order chi connectivity index (χ0) is 65.4. The van der Waals surface area contributed by atoms with Crippen molar-refractivity contribution in [3.63, 3.8) is 0 Å². The zero-order valence-corrected chi connectivity index (χ0v) is 52.9. The number of rotatable bonds is 9. The third-order valence-electron chi connectivity index (χ3n) is 17.1. The molecule has 10 aromatic carbocycles. The van der Waals surface area contributed by atoms with E-state index < -0.39 is 33.1 Å². The standard InChI is InChI=1S/C79H69N4OSi.Pt/c1-52-44-74(80-50-67(52)54-38-40-56(41-39-54)77(2,3)4)83-70-36-23-33-66-65-30-17-20-37-72(65)85(76(66)70,62-28-15-12-16-29-62)73-43-42-61(49-71(73)83)84-60-27-21-26-59(48-60)81-51-82(69-35-19-18-34-68(69)81)75-63(53-24-13-11-14-25-53)31-22-32-64(75)55-45-57(78(5,6)7)47-58(46-55)79(8,9)10;/h11-47,50-51H,1-10H3;/q-3;/i1D3,11D,13D,14D,24D,25D;. The van der Waals surface area contributed by atoms with Crippen molar-refractivity contribution >= 4 is 68.8 Å². The minimum Gasteiger partial charge on any atom is -0.509 e. The molecule has 0 saturated carbocycles. The van der Waals surface area contributed by atoms with E-state index in [2.05, 4.69) is 200 Å². The number of pyridine rings is 1. The topological polar surface area (TPSA) is 31.8 Å². The van der Waals surface area contributed by atoms with Gasteiger partial charge in [0.05, 0.1) is 6.85 Å². The Balaban J connectivity index is 0.00000803. The third kappa shape index (κ3) is 9.53. The summed E-state index contributed by atoms with van der Waals surface area (Å²) in [5.74, 6) is 1.23. The van der Waals surface area contributed by atoms with Gasteiger partial charge < -0.3 is 19.4 Å².